The lowest BCUT2D eigenvalue weighted by Gasteiger charge is -2.18. The molecule has 5 nitrogen and oxygen atoms in total. The van der Waals surface area contributed by atoms with Crippen LogP contribution in [0.3, 0.4) is 0 Å². The van der Waals surface area contributed by atoms with Crippen LogP contribution in [0.25, 0.3) is 0 Å². The Balaban J connectivity index is 2.05. The summed E-state index contributed by atoms with van der Waals surface area (Å²) in [6.45, 7) is 0.992. The average Bonchev–Trinajstić information content (AvgIpc) is 2.40. The van der Waals surface area contributed by atoms with Gasteiger partial charge in [0.1, 0.15) is 12.4 Å². The first-order chi connectivity index (χ1) is 8.74. The van der Waals surface area contributed by atoms with Crippen molar-refractivity contribution in [2.24, 2.45) is 0 Å². The van der Waals surface area contributed by atoms with E-state index in [1.165, 1.54) is 0 Å². The molecule has 1 aromatic carbocycles. The summed E-state index contributed by atoms with van der Waals surface area (Å²) >= 11 is 0. The van der Waals surface area contributed by atoms with E-state index in [9.17, 15) is 4.79 Å². The summed E-state index contributed by atoms with van der Waals surface area (Å²) in [7, 11) is 3.13. The number of carbonyl (C=O) groups is 1. The molecule has 0 fully saturated rings. The van der Waals surface area contributed by atoms with E-state index in [1.54, 1.807) is 26.4 Å². The second kappa shape index (κ2) is 5.84. The minimum absolute atomic E-state index is 0.0190. The van der Waals surface area contributed by atoms with E-state index in [-0.39, 0.29) is 12.2 Å². The van der Waals surface area contributed by atoms with Gasteiger partial charge in [-0.1, -0.05) is 0 Å². The van der Waals surface area contributed by atoms with Crippen LogP contribution in [-0.2, 0) is 15.9 Å². The number of nitrogens with one attached hydrogen (secondary N) is 1. The molecule has 1 aliphatic rings. The molecule has 0 saturated carbocycles. The van der Waals surface area contributed by atoms with Gasteiger partial charge in [0, 0.05) is 26.3 Å². The Morgan fingerprint density at radius 3 is 2.83 bits per heavy atom. The Hall–Kier alpha value is -1.59. The fraction of sp³-hybridized carbons (Fsp3) is 0.462. The zero-order chi connectivity index (χ0) is 13.0. The van der Waals surface area contributed by atoms with Gasteiger partial charge in [-0.2, -0.15) is 0 Å². The van der Waals surface area contributed by atoms with Gasteiger partial charge in [-0.25, -0.2) is 0 Å². The lowest BCUT2D eigenvalue weighted by atomic mass is 10.0. The summed E-state index contributed by atoms with van der Waals surface area (Å²) in [5.41, 5.74) is 1.74. The van der Waals surface area contributed by atoms with Gasteiger partial charge in [-0.15, -0.1) is 0 Å². The third kappa shape index (κ3) is 2.80. The SMILES string of the molecule is COC(COc1ccc2c(c1)CCNC2=O)OC. The molecule has 98 valence electrons. The topological polar surface area (TPSA) is 56.8 Å². The lowest BCUT2D eigenvalue weighted by molar-refractivity contribution is -0.121. The molecular weight excluding hydrogens is 234 g/mol. The standard InChI is InChI=1S/C13H17NO4/c1-16-12(17-2)8-18-10-3-4-11-9(7-10)5-6-14-13(11)15/h3-4,7,12H,5-6,8H2,1-2H3,(H,14,15). The Bertz CT molecular complexity index is 429. The molecule has 0 atom stereocenters. The molecule has 0 unspecified atom stereocenters. The zero-order valence-corrected chi connectivity index (χ0v) is 10.6. The molecule has 1 heterocycles. The maximum atomic E-state index is 11.6. The van der Waals surface area contributed by atoms with Crippen LogP contribution in [0.2, 0.25) is 0 Å². The monoisotopic (exact) mass is 251 g/mol. The van der Waals surface area contributed by atoms with Gasteiger partial charge in [-0.05, 0) is 30.2 Å². The van der Waals surface area contributed by atoms with Gasteiger partial charge in [0.25, 0.3) is 5.91 Å². The molecule has 0 aromatic heterocycles. The van der Waals surface area contributed by atoms with Crippen molar-refractivity contribution in [2.45, 2.75) is 12.7 Å². The smallest absolute Gasteiger partial charge is 0.251 e. The quantitative estimate of drug-likeness (QED) is 0.792. The summed E-state index contributed by atoms with van der Waals surface area (Å²) in [5, 5.41) is 2.81. The molecule has 0 bridgehead atoms. The fourth-order valence-corrected chi connectivity index (χ4v) is 1.89. The summed E-state index contributed by atoms with van der Waals surface area (Å²) in [4.78, 5) is 11.6. The maximum Gasteiger partial charge on any atom is 0.251 e. The fourth-order valence-electron chi connectivity index (χ4n) is 1.89. The highest BCUT2D eigenvalue weighted by atomic mass is 16.7. The number of fused-ring (bicyclic) bond motifs is 1. The highest BCUT2D eigenvalue weighted by Crippen LogP contribution is 2.21. The first-order valence-corrected chi connectivity index (χ1v) is 5.84. The van der Waals surface area contributed by atoms with Crippen molar-refractivity contribution in [1.29, 1.82) is 0 Å². The van der Waals surface area contributed by atoms with Crippen molar-refractivity contribution in [3.8, 4) is 5.75 Å². The molecule has 1 N–H and O–H groups in total. The average molecular weight is 251 g/mol. The second-order valence-electron chi connectivity index (χ2n) is 4.04. The van der Waals surface area contributed by atoms with Gasteiger partial charge >= 0.3 is 0 Å². The van der Waals surface area contributed by atoms with E-state index in [0.717, 1.165) is 23.3 Å². The Morgan fingerprint density at radius 2 is 2.11 bits per heavy atom. The number of amides is 1. The van der Waals surface area contributed by atoms with Crippen molar-refractivity contribution < 1.29 is 19.0 Å². The number of hydrogen-bond acceptors (Lipinski definition) is 4. The third-order valence-electron chi connectivity index (χ3n) is 2.91. The molecule has 1 aliphatic heterocycles. The lowest BCUT2D eigenvalue weighted by Crippen LogP contribution is -2.31. The van der Waals surface area contributed by atoms with Crippen LogP contribution < -0.4 is 10.1 Å². The summed E-state index contributed by atoms with van der Waals surface area (Å²) < 4.78 is 15.6. The van der Waals surface area contributed by atoms with E-state index in [0.29, 0.717) is 13.2 Å². The first kappa shape index (κ1) is 12.9. The van der Waals surface area contributed by atoms with Gasteiger partial charge in [0.2, 0.25) is 0 Å². The van der Waals surface area contributed by atoms with Crippen molar-refractivity contribution in [3.05, 3.63) is 29.3 Å². The molecule has 0 spiro atoms. The molecule has 1 aromatic rings. The van der Waals surface area contributed by atoms with Gasteiger partial charge in [0.15, 0.2) is 6.29 Å². The number of ether oxygens (including phenoxy) is 3. The van der Waals surface area contributed by atoms with Crippen LogP contribution in [0.5, 0.6) is 5.75 Å². The van der Waals surface area contributed by atoms with Gasteiger partial charge in [-0.3, -0.25) is 4.79 Å². The minimum atomic E-state index is -0.385. The normalized spacial score (nSPS) is 14.3. The summed E-state index contributed by atoms with van der Waals surface area (Å²) in [6.07, 6.45) is 0.445. The number of benzene rings is 1. The number of hydrogen-bond donors (Lipinski definition) is 1. The highest BCUT2D eigenvalue weighted by molar-refractivity contribution is 5.96. The van der Waals surface area contributed by atoms with Gasteiger partial charge in [0.05, 0.1) is 0 Å². The van der Waals surface area contributed by atoms with E-state index in [2.05, 4.69) is 5.32 Å². The molecule has 0 saturated heterocycles. The second-order valence-corrected chi connectivity index (χ2v) is 4.04. The Labute approximate surface area is 106 Å². The van der Waals surface area contributed by atoms with Crippen molar-refractivity contribution in [2.75, 3.05) is 27.4 Å². The van der Waals surface area contributed by atoms with Crippen LogP contribution >= 0.6 is 0 Å². The van der Waals surface area contributed by atoms with Crippen LogP contribution in [0.15, 0.2) is 18.2 Å². The molecular formula is C13H17NO4. The Kier molecular flexibility index (Phi) is 4.17. The molecule has 5 heteroatoms. The predicted octanol–water partition coefficient (Wildman–Crippen LogP) is 0.970. The summed E-state index contributed by atoms with van der Waals surface area (Å²) in [6, 6.07) is 5.47. The molecule has 0 aliphatic carbocycles. The van der Waals surface area contributed by atoms with Crippen molar-refractivity contribution in [1.82, 2.24) is 5.32 Å². The number of carbonyl (C=O) groups excluding carboxylic acids is 1. The summed E-state index contributed by atoms with van der Waals surface area (Å²) in [5.74, 6) is 0.706. The molecule has 0 radical (unpaired) electrons. The van der Waals surface area contributed by atoms with Crippen LogP contribution in [0, 0.1) is 0 Å². The maximum absolute atomic E-state index is 11.6. The highest BCUT2D eigenvalue weighted by Gasteiger charge is 2.17. The van der Waals surface area contributed by atoms with E-state index < -0.39 is 0 Å². The minimum Gasteiger partial charge on any atom is -0.488 e. The van der Waals surface area contributed by atoms with Crippen LogP contribution in [0.4, 0.5) is 0 Å². The first-order valence-electron chi connectivity index (χ1n) is 5.84. The van der Waals surface area contributed by atoms with E-state index in [1.807, 2.05) is 6.07 Å². The number of rotatable bonds is 5. The Morgan fingerprint density at radius 1 is 1.33 bits per heavy atom. The largest absolute Gasteiger partial charge is 0.488 e. The van der Waals surface area contributed by atoms with E-state index in [4.69, 9.17) is 14.2 Å². The van der Waals surface area contributed by atoms with Gasteiger partial charge < -0.3 is 19.5 Å². The van der Waals surface area contributed by atoms with Crippen LogP contribution in [-0.4, -0.2) is 39.6 Å². The predicted molar refractivity (Wildman–Crippen MR) is 65.8 cm³/mol. The zero-order valence-electron chi connectivity index (χ0n) is 10.6. The molecule has 1 amide bonds. The number of methoxy groups -OCH3 is 2. The van der Waals surface area contributed by atoms with Crippen molar-refractivity contribution in [3.63, 3.8) is 0 Å². The van der Waals surface area contributed by atoms with Crippen LogP contribution in [0.1, 0.15) is 15.9 Å². The molecule has 2 rings (SSSR count). The third-order valence-corrected chi connectivity index (χ3v) is 2.91. The van der Waals surface area contributed by atoms with E-state index >= 15 is 0 Å². The molecule has 18 heavy (non-hydrogen) atoms. The van der Waals surface area contributed by atoms with Crippen molar-refractivity contribution >= 4 is 5.91 Å².